The number of carboxylic acid groups (broad SMARTS) is 1. The largest absolute Gasteiger partial charge is 0.481 e. The van der Waals surface area contributed by atoms with Crippen LogP contribution in [-0.2, 0) is 9.59 Å². The number of carbonyl (C=O) groups excluding carboxylic acids is 1. The normalized spacial score (nSPS) is 20.8. The Morgan fingerprint density at radius 1 is 1.44 bits per heavy atom. The zero-order chi connectivity index (χ0) is 13.8. The smallest absolute Gasteiger partial charge is 0.305 e. The topological polar surface area (TPSA) is 57.6 Å². The molecule has 1 fully saturated rings. The van der Waals surface area contributed by atoms with Gasteiger partial charge < -0.3 is 10.0 Å². The molecule has 0 radical (unpaired) electrons. The monoisotopic (exact) mass is 291 g/mol. The highest BCUT2D eigenvalue weighted by Gasteiger charge is 2.29. The molecule has 104 valence electrons. The van der Waals surface area contributed by atoms with Crippen molar-refractivity contribution in [3.63, 3.8) is 0 Å². The highest BCUT2D eigenvalue weighted by Crippen LogP contribution is 2.25. The summed E-state index contributed by atoms with van der Waals surface area (Å²) in [6, 6.07) is -0.144. The quantitative estimate of drug-likeness (QED) is 0.858. The van der Waals surface area contributed by atoms with Gasteiger partial charge in [0.25, 0.3) is 0 Å². The van der Waals surface area contributed by atoms with Crippen molar-refractivity contribution in [2.45, 2.75) is 38.0 Å². The van der Waals surface area contributed by atoms with Gasteiger partial charge in [-0.05, 0) is 0 Å². The van der Waals surface area contributed by atoms with Gasteiger partial charge in [-0.15, -0.1) is 11.8 Å². The molecule has 1 amide bonds. The standard InChI is InChI=1S/C12H21NO3S2/c1-12(2,3)18-8-10(14)13-4-5-17-7-9(13)6-11(15)16/h9H,4-8H2,1-3H3,(H,15,16). The third kappa shape index (κ3) is 5.52. The van der Waals surface area contributed by atoms with Crippen LogP contribution in [0.2, 0.25) is 0 Å². The first-order chi connectivity index (χ1) is 8.29. The molecule has 0 bridgehead atoms. The van der Waals surface area contributed by atoms with E-state index in [0.29, 0.717) is 12.3 Å². The summed E-state index contributed by atoms with van der Waals surface area (Å²) in [7, 11) is 0. The Bertz CT molecular complexity index is 315. The Kier molecular flexibility index (Phi) is 5.85. The Labute approximate surface area is 117 Å². The van der Waals surface area contributed by atoms with Crippen LogP contribution in [0.4, 0.5) is 0 Å². The average molecular weight is 291 g/mol. The van der Waals surface area contributed by atoms with Crippen LogP contribution in [-0.4, -0.2) is 56.5 Å². The van der Waals surface area contributed by atoms with E-state index in [1.807, 2.05) is 0 Å². The van der Waals surface area contributed by atoms with Crippen molar-refractivity contribution >= 4 is 35.4 Å². The molecule has 0 spiro atoms. The molecule has 1 heterocycles. The maximum Gasteiger partial charge on any atom is 0.305 e. The maximum atomic E-state index is 12.1. The zero-order valence-electron chi connectivity index (χ0n) is 11.1. The molecule has 1 atom stereocenters. The summed E-state index contributed by atoms with van der Waals surface area (Å²) in [5.41, 5.74) is 0. The minimum Gasteiger partial charge on any atom is -0.481 e. The highest BCUT2D eigenvalue weighted by atomic mass is 32.2. The number of amides is 1. The predicted molar refractivity (Wildman–Crippen MR) is 77.3 cm³/mol. The Balaban J connectivity index is 2.54. The van der Waals surface area contributed by atoms with Crippen LogP contribution in [0.15, 0.2) is 0 Å². The molecule has 0 aromatic heterocycles. The third-order valence-corrected chi connectivity index (χ3v) is 4.94. The van der Waals surface area contributed by atoms with Crippen molar-refractivity contribution in [3.05, 3.63) is 0 Å². The van der Waals surface area contributed by atoms with Crippen molar-refractivity contribution in [2.24, 2.45) is 0 Å². The zero-order valence-corrected chi connectivity index (χ0v) is 12.8. The van der Waals surface area contributed by atoms with Gasteiger partial charge in [0, 0.05) is 22.8 Å². The molecular weight excluding hydrogens is 270 g/mol. The van der Waals surface area contributed by atoms with Crippen LogP contribution in [0, 0.1) is 0 Å². The van der Waals surface area contributed by atoms with E-state index in [4.69, 9.17) is 5.11 Å². The van der Waals surface area contributed by atoms with Crippen LogP contribution >= 0.6 is 23.5 Å². The Hall–Kier alpha value is -0.360. The van der Waals surface area contributed by atoms with Crippen LogP contribution < -0.4 is 0 Å². The third-order valence-electron chi connectivity index (χ3n) is 2.59. The summed E-state index contributed by atoms with van der Waals surface area (Å²) in [5.74, 6) is 1.31. The number of rotatable bonds is 4. The second kappa shape index (κ2) is 6.70. The van der Waals surface area contributed by atoms with Gasteiger partial charge in [0.1, 0.15) is 0 Å². The number of hydrogen-bond donors (Lipinski definition) is 1. The number of nitrogens with zero attached hydrogens (tertiary/aromatic N) is 1. The number of carboxylic acids is 1. The van der Waals surface area contributed by atoms with E-state index >= 15 is 0 Å². The first kappa shape index (κ1) is 15.7. The molecular formula is C12H21NO3S2. The summed E-state index contributed by atoms with van der Waals surface area (Å²) in [4.78, 5) is 24.7. The van der Waals surface area contributed by atoms with Crippen LogP contribution in [0.1, 0.15) is 27.2 Å². The van der Waals surface area contributed by atoms with E-state index in [1.165, 1.54) is 0 Å². The summed E-state index contributed by atoms with van der Waals surface area (Å²) in [5, 5.41) is 8.87. The van der Waals surface area contributed by atoms with E-state index < -0.39 is 5.97 Å². The molecule has 1 rings (SSSR count). The highest BCUT2D eigenvalue weighted by molar-refractivity contribution is 8.01. The van der Waals surface area contributed by atoms with Gasteiger partial charge in [0.2, 0.25) is 5.91 Å². The molecule has 1 unspecified atom stereocenters. The molecule has 6 heteroatoms. The SMILES string of the molecule is CC(C)(C)SCC(=O)N1CCSCC1CC(=O)O. The number of hydrogen-bond acceptors (Lipinski definition) is 4. The van der Waals surface area contributed by atoms with Gasteiger partial charge in [-0.2, -0.15) is 11.8 Å². The van der Waals surface area contributed by atoms with Crippen LogP contribution in [0.25, 0.3) is 0 Å². The number of aliphatic carboxylic acids is 1. The lowest BCUT2D eigenvalue weighted by Gasteiger charge is -2.35. The Morgan fingerprint density at radius 2 is 2.11 bits per heavy atom. The summed E-state index contributed by atoms with van der Waals surface area (Å²) in [6.45, 7) is 6.90. The van der Waals surface area contributed by atoms with Gasteiger partial charge in [0.15, 0.2) is 0 Å². The van der Waals surface area contributed by atoms with Crippen LogP contribution in [0.3, 0.4) is 0 Å². The molecule has 0 aromatic rings. The van der Waals surface area contributed by atoms with Gasteiger partial charge in [-0.1, -0.05) is 20.8 Å². The van der Waals surface area contributed by atoms with Crippen molar-refractivity contribution in [1.82, 2.24) is 4.90 Å². The van der Waals surface area contributed by atoms with Gasteiger partial charge in [-0.3, -0.25) is 9.59 Å². The molecule has 18 heavy (non-hydrogen) atoms. The lowest BCUT2D eigenvalue weighted by molar-refractivity contribution is -0.139. The van der Waals surface area contributed by atoms with Gasteiger partial charge in [0.05, 0.1) is 18.2 Å². The predicted octanol–water partition coefficient (Wildman–Crippen LogP) is 1.94. The second-order valence-electron chi connectivity index (χ2n) is 5.31. The Morgan fingerprint density at radius 3 is 2.67 bits per heavy atom. The molecule has 0 saturated carbocycles. The van der Waals surface area contributed by atoms with Crippen molar-refractivity contribution in [3.8, 4) is 0 Å². The minimum atomic E-state index is -0.830. The first-order valence-electron chi connectivity index (χ1n) is 6.02. The van der Waals surface area contributed by atoms with Crippen LogP contribution in [0.5, 0.6) is 0 Å². The van der Waals surface area contributed by atoms with Crippen molar-refractivity contribution in [1.29, 1.82) is 0 Å². The van der Waals surface area contributed by atoms with E-state index in [2.05, 4.69) is 20.8 Å². The molecule has 1 N–H and O–H groups in total. The van der Waals surface area contributed by atoms with E-state index in [-0.39, 0.29) is 23.1 Å². The molecule has 1 aliphatic heterocycles. The fourth-order valence-electron chi connectivity index (χ4n) is 1.71. The lowest BCUT2D eigenvalue weighted by Crippen LogP contribution is -2.48. The maximum absolute atomic E-state index is 12.1. The fraction of sp³-hybridized carbons (Fsp3) is 0.833. The summed E-state index contributed by atoms with van der Waals surface area (Å²) < 4.78 is 0.0580. The van der Waals surface area contributed by atoms with Gasteiger partial charge in [-0.25, -0.2) is 0 Å². The first-order valence-corrected chi connectivity index (χ1v) is 8.16. The van der Waals surface area contributed by atoms with Crippen molar-refractivity contribution in [2.75, 3.05) is 23.8 Å². The van der Waals surface area contributed by atoms with E-state index in [1.54, 1.807) is 28.4 Å². The van der Waals surface area contributed by atoms with E-state index in [9.17, 15) is 9.59 Å². The fourth-order valence-corrected chi connectivity index (χ4v) is 3.50. The number of carbonyl (C=O) groups is 2. The summed E-state index contributed by atoms with van der Waals surface area (Å²) >= 11 is 3.34. The second-order valence-corrected chi connectivity index (χ2v) is 8.27. The average Bonchev–Trinajstić information content (AvgIpc) is 2.25. The molecule has 1 aliphatic rings. The van der Waals surface area contributed by atoms with Crippen molar-refractivity contribution < 1.29 is 14.7 Å². The lowest BCUT2D eigenvalue weighted by atomic mass is 10.2. The minimum absolute atomic E-state index is 0.0545. The number of thioether (sulfide) groups is 2. The van der Waals surface area contributed by atoms with Gasteiger partial charge >= 0.3 is 5.97 Å². The molecule has 0 aliphatic carbocycles. The molecule has 4 nitrogen and oxygen atoms in total. The van der Waals surface area contributed by atoms with E-state index in [0.717, 1.165) is 11.5 Å². The summed E-state index contributed by atoms with van der Waals surface area (Å²) in [6.07, 6.45) is 0.0545. The molecule has 0 aromatic carbocycles. The molecule has 1 saturated heterocycles.